The van der Waals surface area contributed by atoms with Crippen molar-refractivity contribution in [2.24, 2.45) is 5.73 Å². The second-order valence-corrected chi connectivity index (χ2v) is 7.44. The Morgan fingerprint density at radius 2 is 2.17 bits per heavy atom. The summed E-state index contributed by atoms with van der Waals surface area (Å²) in [4.78, 5) is 24.5. The van der Waals surface area contributed by atoms with Crippen LogP contribution in [0.2, 0.25) is 0 Å². The third-order valence-electron chi connectivity index (χ3n) is 5.17. The summed E-state index contributed by atoms with van der Waals surface area (Å²) < 4.78 is 3.33. The second kappa shape index (κ2) is 8.05. The highest BCUT2D eigenvalue weighted by Crippen LogP contribution is 2.23. The molecule has 0 saturated carbocycles. The number of aryl methyl sites for hydroxylation is 1. The molecule has 1 saturated heterocycles. The summed E-state index contributed by atoms with van der Waals surface area (Å²) in [7, 11) is 0. The Bertz CT molecular complexity index is 1130. The van der Waals surface area contributed by atoms with Gasteiger partial charge in [-0.25, -0.2) is 9.67 Å². The van der Waals surface area contributed by atoms with E-state index in [0.717, 1.165) is 43.1 Å². The average molecular weight is 391 g/mol. The van der Waals surface area contributed by atoms with Gasteiger partial charge in [-0.3, -0.25) is 14.3 Å². The molecule has 0 spiro atoms. The van der Waals surface area contributed by atoms with Gasteiger partial charge in [0.2, 0.25) is 5.95 Å². The van der Waals surface area contributed by atoms with E-state index in [9.17, 15) is 4.79 Å². The van der Waals surface area contributed by atoms with Crippen molar-refractivity contribution in [1.82, 2.24) is 24.3 Å². The summed E-state index contributed by atoms with van der Waals surface area (Å²) in [5.41, 5.74) is 8.93. The van der Waals surface area contributed by atoms with Gasteiger partial charge >= 0.3 is 0 Å². The van der Waals surface area contributed by atoms with Crippen molar-refractivity contribution in [2.45, 2.75) is 45.8 Å². The van der Waals surface area contributed by atoms with Crippen molar-refractivity contribution in [3.8, 4) is 11.8 Å². The fourth-order valence-electron chi connectivity index (χ4n) is 3.67. The molecule has 3 aromatic heterocycles. The van der Waals surface area contributed by atoms with Gasteiger partial charge in [-0.05, 0) is 38.3 Å². The first kappa shape index (κ1) is 19.2. The highest BCUT2D eigenvalue weighted by Gasteiger charge is 2.24. The van der Waals surface area contributed by atoms with E-state index in [0.29, 0.717) is 24.1 Å². The normalized spacial score (nSPS) is 16.7. The molecule has 8 nitrogen and oxygen atoms in total. The molecular weight excluding hydrogens is 366 g/mol. The Morgan fingerprint density at radius 1 is 1.31 bits per heavy atom. The van der Waals surface area contributed by atoms with Crippen LogP contribution in [0.4, 0.5) is 5.95 Å². The molecule has 0 bridgehead atoms. The summed E-state index contributed by atoms with van der Waals surface area (Å²) in [5.74, 6) is 6.72. The summed E-state index contributed by atoms with van der Waals surface area (Å²) in [6, 6.07) is 4.00. The van der Waals surface area contributed by atoms with E-state index in [1.165, 1.54) is 4.68 Å². The van der Waals surface area contributed by atoms with E-state index in [4.69, 9.17) is 10.7 Å². The molecule has 150 valence electrons. The van der Waals surface area contributed by atoms with Crippen LogP contribution in [0.1, 0.15) is 31.0 Å². The van der Waals surface area contributed by atoms with Gasteiger partial charge < -0.3 is 10.6 Å². The van der Waals surface area contributed by atoms with Crippen molar-refractivity contribution < 1.29 is 0 Å². The number of fused-ring (bicyclic) bond motifs is 1. The lowest BCUT2D eigenvalue weighted by atomic mass is 10.1. The summed E-state index contributed by atoms with van der Waals surface area (Å²) in [5, 5.41) is 4.33. The average Bonchev–Trinajstić information content (AvgIpc) is 3.09. The molecule has 1 aliphatic rings. The largest absolute Gasteiger partial charge is 0.341 e. The number of nitrogens with two attached hydrogens (primary N) is 1. The number of hydrogen-bond donors (Lipinski definition) is 1. The predicted octanol–water partition coefficient (Wildman–Crippen LogP) is 1.30. The van der Waals surface area contributed by atoms with E-state index in [1.54, 1.807) is 19.3 Å². The van der Waals surface area contributed by atoms with Crippen LogP contribution < -0.4 is 16.2 Å². The SMILES string of the molecule is CC#CCn1c(N2CCCC(N)C2)nc2cnn(Cc3ccc(C)cn3)c(=O)c21. The molecule has 0 amide bonds. The van der Waals surface area contributed by atoms with Gasteiger partial charge in [0, 0.05) is 25.3 Å². The Hall–Kier alpha value is -3.18. The number of piperidine rings is 1. The van der Waals surface area contributed by atoms with E-state index in [-0.39, 0.29) is 11.6 Å². The fraction of sp³-hybridized carbons (Fsp3) is 0.429. The minimum absolute atomic E-state index is 0.108. The molecule has 8 heteroatoms. The lowest BCUT2D eigenvalue weighted by Crippen LogP contribution is -2.44. The third kappa shape index (κ3) is 3.87. The predicted molar refractivity (Wildman–Crippen MR) is 113 cm³/mol. The highest BCUT2D eigenvalue weighted by molar-refractivity contribution is 5.77. The van der Waals surface area contributed by atoms with E-state index in [1.807, 2.05) is 23.6 Å². The molecule has 1 fully saturated rings. The van der Waals surface area contributed by atoms with Gasteiger partial charge in [-0.15, -0.1) is 5.92 Å². The minimum Gasteiger partial charge on any atom is -0.341 e. The molecule has 1 unspecified atom stereocenters. The van der Waals surface area contributed by atoms with Gasteiger partial charge in [-0.2, -0.15) is 5.10 Å². The monoisotopic (exact) mass is 391 g/mol. The van der Waals surface area contributed by atoms with Crippen LogP contribution in [-0.2, 0) is 13.1 Å². The number of nitrogens with zero attached hydrogens (tertiary/aromatic N) is 6. The van der Waals surface area contributed by atoms with Crippen LogP contribution in [0.5, 0.6) is 0 Å². The minimum atomic E-state index is -0.192. The molecule has 2 N–H and O–H groups in total. The van der Waals surface area contributed by atoms with Crippen LogP contribution in [-0.4, -0.2) is 43.4 Å². The molecule has 0 aromatic carbocycles. The van der Waals surface area contributed by atoms with Crippen molar-refractivity contribution in [3.05, 3.63) is 46.1 Å². The maximum absolute atomic E-state index is 13.3. The Morgan fingerprint density at radius 3 is 2.90 bits per heavy atom. The number of aromatic nitrogens is 5. The zero-order valence-corrected chi connectivity index (χ0v) is 16.8. The Labute approximate surface area is 169 Å². The van der Waals surface area contributed by atoms with Crippen molar-refractivity contribution in [3.63, 3.8) is 0 Å². The zero-order valence-electron chi connectivity index (χ0n) is 16.8. The summed E-state index contributed by atoms with van der Waals surface area (Å²) in [6.45, 7) is 6.07. The standard InChI is InChI=1S/C21H25N7O/c1-3-4-10-27-19-18(25-21(27)26-9-5-6-16(22)13-26)12-24-28(20(19)29)14-17-8-7-15(2)11-23-17/h7-8,11-12,16H,5-6,9-10,13-14,22H2,1-2H3. The van der Waals surface area contributed by atoms with Crippen molar-refractivity contribution in [1.29, 1.82) is 0 Å². The van der Waals surface area contributed by atoms with Crippen LogP contribution in [0.15, 0.2) is 29.3 Å². The number of rotatable bonds is 4. The number of imidazole rings is 1. The molecule has 4 rings (SSSR count). The smallest absolute Gasteiger partial charge is 0.293 e. The van der Waals surface area contributed by atoms with Crippen LogP contribution >= 0.6 is 0 Å². The molecule has 29 heavy (non-hydrogen) atoms. The third-order valence-corrected chi connectivity index (χ3v) is 5.17. The molecule has 1 aliphatic heterocycles. The molecule has 1 atom stereocenters. The highest BCUT2D eigenvalue weighted by atomic mass is 16.1. The quantitative estimate of drug-likeness (QED) is 0.674. The fourth-order valence-corrected chi connectivity index (χ4v) is 3.67. The summed E-state index contributed by atoms with van der Waals surface area (Å²) in [6.07, 6.45) is 5.45. The van der Waals surface area contributed by atoms with E-state index >= 15 is 0 Å². The number of pyridine rings is 1. The van der Waals surface area contributed by atoms with Crippen molar-refractivity contribution >= 4 is 17.0 Å². The maximum Gasteiger partial charge on any atom is 0.293 e. The van der Waals surface area contributed by atoms with Gasteiger partial charge in [-0.1, -0.05) is 12.0 Å². The first-order chi connectivity index (χ1) is 14.1. The molecular formula is C21H25N7O. The number of hydrogen-bond acceptors (Lipinski definition) is 6. The first-order valence-electron chi connectivity index (χ1n) is 9.85. The van der Waals surface area contributed by atoms with Crippen LogP contribution in [0, 0.1) is 18.8 Å². The van der Waals surface area contributed by atoms with Gasteiger partial charge in [0.05, 0.1) is 25.0 Å². The molecule has 3 aromatic rings. The Balaban J connectivity index is 1.79. The van der Waals surface area contributed by atoms with Crippen LogP contribution in [0.25, 0.3) is 11.0 Å². The zero-order chi connectivity index (χ0) is 20.4. The van der Waals surface area contributed by atoms with E-state index in [2.05, 4.69) is 26.8 Å². The number of anilines is 1. The van der Waals surface area contributed by atoms with Gasteiger partial charge in [0.25, 0.3) is 5.56 Å². The van der Waals surface area contributed by atoms with Crippen LogP contribution in [0.3, 0.4) is 0 Å². The summed E-state index contributed by atoms with van der Waals surface area (Å²) >= 11 is 0. The molecule has 4 heterocycles. The first-order valence-corrected chi connectivity index (χ1v) is 9.85. The maximum atomic E-state index is 13.3. The van der Waals surface area contributed by atoms with Gasteiger partial charge in [0.15, 0.2) is 0 Å². The van der Waals surface area contributed by atoms with Gasteiger partial charge in [0.1, 0.15) is 11.0 Å². The van der Waals surface area contributed by atoms with E-state index < -0.39 is 0 Å². The molecule has 0 radical (unpaired) electrons. The lowest BCUT2D eigenvalue weighted by molar-refractivity contribution is 0.496. The second-order valence-electron chi connectivity index (χ2n) is 7.44. The Kier molecular flexibility index (Phi) is 5.32. The topological polar surface area (TPSA) is 94.9 Å². The lowest BCUT2D eigenvalue weighted by Gasteiger charge is -2.31. The molecule has 0 aliphatic carbocycles. The van der Waals surface area contributed by atoms with Crippen molar-refractivity contribution in [2.75, 3.05) is 18.0 Å².